The van der Waals surface area contributed by atoms with E-state index in [1.165, 1.54) is 24.3 Å². The molecule has 0 radical (unpaired) electrons. The lowest BCUT2D eigenvalue weighted by Gasteiger charge is -2.35. The van der Waals surface area contributed by atoms with Gasteiger partial charge in [-0.1, -0.05) is 85.0 Å². The molecular formula is C28H19N3O4S. The van der Waals surface area contributed by atoms with Crippen molar-refractivity contribution in [3.8, 4) is 12.1 Å². The van der Waals surface area contributed by atoms with Crippen molar-refractivity contribution in [2.24, 2.45) is 5.92 Å². The zero-order valence-corrected chi connectivity index (χ0v) is 19.6. The highest BCUT2D eigenvalue weighted by atomic mass is 32.1. The fourth-order valence-electron chi connectivity index (χ4n) is 4.62. The quantitative estimate of drug-likeness (QED) is 0.266. The Morgan fingerprint density at radius 3 is 1.83 bits per heavy atom. The summed E-state index contributed by atoms with van der Waals surface area (Å²) in [5, 5.41) is 42.3. The van der Waals surface area contributed by atoms with Crippen LogP contribution in [0.25, 0.3) is 0 Å². The summed E-state index contributed by atoms with van der Waals surface area (Å²) in [6, 6.07) is 27.0. The summed E-state index contributed by atoms with van der Waals surface area (Å²) < 4.78 is 0. The lowest BCUT2D eigenvalue weighted by Crippen LogP contribution is -2.37. The SMILES string of the molecule is N#CC(C#N)[C@H](C1=C(O)[C@@H](c2ccccc2)C(=S)[C@H](c2ccccc2)C1=O)c1ccc([N+](=O)[O-])cc1. The molecule has 3 aromatic rings. The predicted octanol–water partition coefficient (Wildman–Crippen LogP) is 5.67. The first-order valence-corrected chi connectivity index (χ1v) is 11.4. The number of allylic oxidation sites excluding steroid dienone is 2. The Balaban J connectivity index is 1.98. The van der Waals surface area contributed by atoms with Crippen LogP contribution in [-0.2, 0) is 4.79 Å². The van der Waals surface area contributed by atoms with Gasteiger partial charge in [0.05, 0.1) is 28.9 Å². The topological polar surface area (TPSA) is 128 Å². The molecule has 1 N–H and O–H groups in total. The molecule has 0 fully saturated rings. The molecule has 0 heterocycles. The van der Waals surface area contributed by atoms with E-state index in [0.29, 0.717) is 21.6 Å². The number of aliphatic hydroxyl groups is 1. The van der Waals surface area contributed by atoms with Crippen LogP contribution in [0.5, 0.6) is 0 Å². The molecule has 0 aliphatic heterocycles. The van der Waals surface area contributed by atoms with Crippen molar-refractivity contribution in [2.75, 3.05) is 0 Å². The molecule has 8 heteroatoms. The van der Waals surface area contributed by atoms with Crippen LogP contribution >= 0.6 is 12.2 Å². The van der Waals surface area contributed by atoms with Gasteiger partial charge in [-0.05, 0) is 16.7 Å². The number of carbonyl (C=O) groups excluding carboxylic acids is 1. The average Bonchev–Trinajstić information content (AvgIpc) is 2.89. The minimum Gasteiger partial charge on any atom is -0.511 e. The second kappa shape index (κ2) is 10.3. The van der Waals surface area contributed by atoms with Crippen LogP contribution in [0, 0.1) is 38.7 Å². The van der Waals surface area contributed by atoms with E-state index in [9.17, 15) is 30.5 Å². The van der Waals surface area contributed by atoms with Crippen LogP contribution in [0.4, 0.5) is 5.69 Å². The molecule has 0 spiro atoms. The number of nitriles is 2. The molecule has 1 aliphatic carbocycles. The van der Waals surface area contributed by atoms with Gasteiger partial charge in [-0.2, -0.15) is 10.5 Å². The fourth-order valence-corrected chi connectivity index (χ4v) is 5.11. The maximum Gasteiger partial charge on any atom is 0.269 e. The Kier molecular flexibility index (Phi) is 7.00. The van der Waals surface area contributed by atoms with Crippen LogP contribution in [-0.4, -0.2) is 20.7 Å². The summed E-state index contributed by atoms with van der Waals surface area (Å²) in [5.74, 6) is -5.02. The van der Waals surface area contributed by atoms with Gasteiger partial charge in [0.25, 0.3) is 5.69 Å². The summed E-state index contributed by atoms with van der Waals surface area (Å²) in [6.07, 6.45) is 0. The van der Waals surface area contributed by atoms with E-state index < -0.39 is 34.4 Å². The van der Waals surface area contributed by atoms with Crippen molar-refractivity contribution in [1.29, 1.82) is 10.5 Å². The summed E-state index contributed by atoms with van der Waals surface area (Å²) >= 11 is 5.77. The van der Waals surface area contributed by atoms with E-state index >= 15 is 0 Å². The average molecular weight is 494 g/mol. The number of Topliss-reactive ketones (excluding diaryl/α,β-unsaturated/α-hetero) is 1. The standard InChI is InChI=1S/C28H19N3O4S/c29-15-20(16-30)22(19-11-13-21(14-12-19)31(34)35)25-26(32)23(17-7-3-1-4-8-17)28(36)24(27(25)33)18-9-5-2-6-10-18/h1-14,20,22-24,32H/t22-,23-,24-/m1/s1. The van der Waals surface area contributed by atoms with Crippen molar-refractivity contribution in [1.82, 2.24) is 0 Å². The van der Waals surface area contributed by atoms with Gasteiger partial charge >= 0.3 is 0 Å². The van der Waals surface area contributed by atoms with E-state index in [4.69, 9.17) is 12.2 Å². The molecule has 0 bridgehead atoms. The number of hydrogen-bond acceptors (Lipinski definition) is 7. The summed E-state index contributed by atoms with van der Waals surface area (Å²) in [7, 11) is 0. The molecule has 0 aromatic heterocycles. The molecule has 176 valence electrons. The van der Waals surface area contributed by atoms with Crippen LogP contribution in [0.15, 0.2) is 96.3 Å². The lowest BCUT2D eigenvalue weighted by atomic mass is 9.68. The molecular weight excluding hydrogens is 474 g/mol. The Labute approximate surface area is 212 Å². The number of hydrogen-bond donors (Lipinski definition) is 1. The van der Waals surface area contributed by atoms with Crippen molar-refractivity contribution in [3.63, 3.8) is 0 Å². The summed E-state index contributed by atoms with van der Waals surface area (Å²) in [6.45, 7) is 0. The Morgan fingerprint density at radius 2 is 1.36 bits per heavy atom. The maximum atomic E-state index is 14.0. The Hall–Kier alpha value is -4.66. The number of thiocarbonyl (C=S) groups is 1. The Bertz CT molecular complexity index is 1420. The number of carbonyl (C=O) groups is 1. The van der Waals surface area contributed by atoms with Gasteiger partial charge in [-0.25, -0.2) is 0 Å². The first kappa shape index (κ1) is 24.5. The molecule has 36 heavy (non-hydrogen) atoms. The minimum atomic E-state index is -1.34. The number of non-ortho nitro benzene ring substituents is 1. The first-order chi connectivity index (χ1) is 17.4. The van der Waals surface area contributed by atoms with E-state index in [2.05, 4.69) is 0 Å². The third kappa shape index (κ3) is 4.38. The maximum absolute atomic E-state index is 14.0. The zero-order chi connectivity index (χ0) is 25.8. The van der Waals surface area contributed by atoms with Crippen LogP contribution in [0.3, 0.4) is 0 Å². The van der Waals surface area contributed by atoms with Crippen LogP contribution in [0.1, 0.15) is 34.4 Å². The smallest absolute Gasteiger partial charge is 0.269 e. The van der Waals surface area contributed by atoms with Gasteiger partial charge in [-0.15, -0.1) is 0 Å². The third-order valence-corrected chi connectivity index (χ3v) is 6.77. The molecule has 3 aromatic carbocycles. The molecule has 0 saturated carbocycles. The number of rotatable bonds is 6. The van der Waals surface area contributed by atoms with Gasteiger partial charge in [0.15, 0.2) is 5.78 Å². The van der Waals surface area contributed by atoms with Crippen molar-refractivity contribution in [2.45, 2.75) is 17.8 Å². The predicted molar refractivity (Wildman–Crippen MR) is 136 cm³/mol. The van der Waals surface area contributed by atoms with Crippen molar-refractivity contribution >= 4 is 28.6 Å². The largest absolute Gasteiger partial charge is 0.511 e. The van der Waals surface area contributed by atoms with Crippen LogP contribution in [0.2, 0.25) is 0 Å². The van der Waals surface area contributed by atoms with Gasteiger partial charge < -0.3 is 5.11 Å². The van der Waals surface area contributed by atoms with Gasteiger partial charge in [0, 0.05) is 28.5 Å². The van der Waals surface area contributed by atoms with E-state index in [1.54, 1.807) is 48.5 Å². The first-order valence-electron chi connectivity index (χ1n) is 11.0. The zero-order valence-electron chi connectivity index (χ0n) is 18.8. The molecule has 0 saturated heterocycles. The number of nitro benzene ring substituents is 1. The molecule has 1 aliphatic rings. The summed E-state index contributed by atoms with van der Waals surface area (Å²) in [4.78, 5) is 24.9. The van der Waals surface area contributed by atoms with Gasteiger partial charge in [0.1, 0.15) is 11.7 Å². The highest BCUT2D eigenvalue weighted by Gasteiger charge is 2.46. The molecule has 0 unspecified atom stereocenters. The number of benzene rings is 3. The van der Waals surface area contributed by atoms with Gasteiger partial charge in [-0.3, -0.25) is 14.9 Å². The molecule has 7 nitrogen and oxygen atoms in total. The van der Waals surface area contributed by atoms with Gasteiger partial charge in [0.2, 0.25) is 0 Å². The second-order valence-corrected chi connectivity index (χ2v) is 8.79. The van der Waals surface area contributed by atoms with E-state index in [-0.39, 0.29) is 17.0 Å². The summed E-state index contributed by atoms with van der Waals surface area (Å²) in [5.41, 5.74) is 1.36. The van der Waals surface area contributed by atoms with E-state index in [1.807, 2.05) is 24.3 Å². The third-order valence-electron chi connectivity index (χ3n) is 6.30. The normalized spacial score (nSPS) is 18.4. The number of ketones is 1. The van der Waals surface area contributed by atoms with Crippen molar-refractivity contribution < 1.29 is 14.8 Å². The molecule has 4 rings (SSSR count). The van der Waals surface area contributed by atoms with Crippen molar-refractivity contribution in [3.05, 3.63) is 123 Å². The number of nitro groups is 1. The van der Waals surface area contributed by atoms with E-state index in [0.717, 1.165) is 0 Å². The highest BCUT2D eigenvalue weighted by Crippen LogP contribution is 2.46. The Morgan fingerprint density at radius 1 is 0.861 bits per heavy atom. The lowest BCUT2D eigenvalue weighted by molar-refractivity contribution is -0.384. The molecule has 0 amide bonds. The van der Waals surface area contributed by atoms with Crippen LogP contribution < -0.4 is 0 Å². The highest BCUT2D eigenvalue weighted by molar-refractivity contribution is 7.80. The number of aliphatic hydroxyl groups excluding tert-OH is 1. The fraction of sp³-hybridized carbons (Fsp3) is 0.143. The number of nitrogens with zero attached hydrogens (tertiary/aromatic N) is 3. The monoisotopic (exact) mass is 493 g/mol. The molecule has 3 atom stereocenters. The second-order valence-electron chi connectivity index (χ2n) is 8.32. The minimum absolute atomic E-state index is 0.0896.